The van der Waals surface area contributed by atoms with Crippen molar-refractivity contribution in [1.29, 1.82) is 0 Å². The SMILES string of the molecule is Oc1cc2ncnc(Cl)c2[nH]1. The summed E-state index contributed by atoms with van der Waals surface area (Å²) in [6.45, 7) is 0. The van der Waals surface area contributed by atoms with Crippen LogP contribution in [0.5, 0.6) is 5.88 Å². The molecule has 5 heteroatoms. The van der Waals surface area contributed by atoms with Crippen molar-refractivity contribution >= 4 is 22.6 Å². The molecule has 0 spiro atoms. The molecule has 0 saturated carbocycles. The molecule has 56 valence electrons. The van der Waals surface area contributed by atoms with Crippen LogP contribution in [-0.4, -0.2) is 20.1 Å². The number of aromatic hydroxyl groups is 1. The van der Waals surface area contributed by atoms with Crippen molar-refractivity contribution in [2.75, 3.05) is 0 Å². The van der Waals surface area contributed by atoms with Gasteiger partial charge in [0, 0.05) is 6.07 Å². The number of nitrogens with zero attached hydrogens (tertiary/aromatic N) is 2. The monoisotopic (exact) mass is 169 g/mol. The standard InChI is InChI=1S/C6H4ClN3O/c7-6-5-3(8-2-9-6)1-4(11)10-5/h1-2,10-11H. The van der Waals surface area contributed by atoms with E-state index in [0.29, 0.717) is 16.2 Å². The van der Waals surface area contributed by atoms with Gasteiger partial charge in [0.05, 0.1) is 5.52 Å². The fourth-order valence-electron chi connectivity index (χ4n) is 0.895. The van der Waals surface area contributed by atoms with E-state index >= 15 is 0 Å². The molecular weight excluding hydrogens is 166 g/mol. The van der Waals surface area contributed by atoms with Gasteiger partial charge >= 0.3 is 0 Å². The highest BCUT2D eigenvalue weighted by molar-refractivity contribution is 6.33. The first-order valence-electron chi connectivity index (χ1n) is 2.95. The lowest BCUT2D eigenvalue weighted by atomic mass is 10.5. The van der Waals surface area contributed by atoms with E-state index in [-0.39, 0.29) is 5.88 Å². The predicted molar refractivity (Wildman–Crippen MR) is 40.6 cm³/mol. The van der Waals surface area contributed by atoms with Crippen molar-refractivity contribution in [1.82, 2.24) is 15.0 Å². The number of nitrogens with one attached hydrogen (secondary N) is 1. The van der Waals surface area contributed by atoms with Gasteiger partial charge in [-0.05, 0) is 0 Å². The van der Waals surface area contributed by atoms with Crippen LogP contribution in [0, 0.1) is 0 Å². The van der Waals surface area contributed by atoms with E-state index in [1.54, 1.807) is 0 Å². The van der Waals surface area contributed by atoms with Gasteiger partial charge < -0.3 is 10.1 Å². The Morgan fingerprint density at radius 3 is 3.00 bits per heavy atom. The average molecular weight is 170 g/mol. The Balaban J connectivity index is 2.90. The Hall–Kier alpha value is -1.29. The summed E-state index contributed by atoms with van der Waals surface area (Å²) in [6, 6.07) is 1.49. The first kappa shape index (κ1) is 6.42. The van der Waals surface area contributed by atoms with Crippen LogP contribution >= 0.6 is 11.6 Å². The van der Waals surface area contributed by atoms with Crippen LogP contribution in [0.3, 0.4) is 0 Å². The molecule has 2 aromatic heterocycles. The molecule has 0 unspecified atom stereocenters. The molecule has 11 heavy (non-hydrogen) atoms. The number of hydrogen-bond acceptors (Lipinski definition) is 3. The first-order valence-corrected chi connectivity index (χ1v) is 3.33. The van der Waals surface area contributed by atoms with Crippen LogP contribution < -0.4 is 0 Å². The minimum Gasteiger partial charge on any atom is -0.495 e. The van der Waals surface area contributed by atoms with Gasteiger partial charge in [0.25, 0.3) is 0 Å². The Morgan fingerprint density at radius 2 is 2.27 bits per heavy atom. The molecule has 2 rings (SSSR count). The van der Waals surface area contributed by atoms with Gasteiger partial charge in [-0.2, -0.15) is 0 Å². The summed E-state index contributed by atoms with van der Waals surface area (Å²) >= 11 is 5.68. The van der Waals surface area contributed by atoms with Gasteiger partial charge in [-0.1, -0.05) is 11.6 Å². The van der Waals surface area contributed by atoms with Crippen molar-refractivity contribution in [3.05, 3.63) is 17.5 Å². The van der Waals surface area contributed by atoms with E-state index in [1.807, 2.05) is 0 Å². The molecule has 0 radical (unpaired) electrons. The fourth-order valence-corrected chi connectivity index (χ4v) is 1.08. The Labute approximate surface area is 66.9 Å². The summed E-state index contributed by atoms with van der Waals surface area (Å²) in [7, 11) is 0. The molecule has 0 saturated heterocycles. The van der Waals surface area contributed by atoms with Crippen LogP contribution in [0.15, 0.2) is 12.4 Å². The minimum atomic E-state index is 0.0439. The zero-order valence-corrected chi connectivity index (χ0v) is 6.13. The number of fused-ring (bicyclic) bond motifs is 1. The highest BCUT2D eigenvalue weighted by atomic mass is 35.5. The van der Waals surface area contributed by atoms with Gasteiger partial charge in [0.15, 0.2) is 11.0 Å². The average Bonchev–Trinajstić information content (AvgIpc) is 2.31. The largest absolute Gasteiger partial charge is 0.495 e. The molecule has 0 fully saturated rings. The molecule has 0 aliphatic rings. The normalized spacial score (nSPS) is 10.6. The molecule has 0 bridgehead atoms. The highest BCUT2D eigenvalue weighted by Gasteiger charge is 2.03. The smallest absolute Gasteiger partial charge is 0.191 e. The zero-order valence-electron chi connectivity index (χ0n) is 5.37. The maximum absolute atomic E-state index is 9.00. The third kappa shape index (κ3) is 0.914. The summed E-state index contributed by atoms with van der Waals surface area (Å²) in [5, 5.41) is 9.31. The molecule has 4 nitrogen and oxygen atoms in total. The Morgan fingerprint density at radius 1 is 1.45 bits per heavy atom. The van der Waals surface area contributed by atoms with Gasteiger partial charge in [0.2, 0.25) is 0 Å². The lowest BCUT2D eigenvalue weighted by Crippen LogP contribution is -1.79. The van der Waals surface area contributed by atoms with Crippen LogP contribution in [0.25, 0.3) is 11.0 Å². The molecule has 2 heterocycles. The Kier molecular flexibility index (Phi) is 1.22. The van der Waals surface area contributed by atoms with E-state index in [0.717, 1.165) is 0 Å². The molecule has 0 aromatic carbocycles. The van der Waals surface area contributed by atoms with Crippen LogP contribution in [0.2, 0.25) is 5.15 Å². The van der Waals surface area contributed by atoms with Crippen molar-refractivity contribution in [2.24, 2.45) is 0 Å². The molecule has 0 aliphatic carbocycles. The molecule has 2 aromatic rings. The number of rotatable bonds is 0. The van der Waals surface area contributed by atoms with E-state index in [2.05, 4.69) is 15.0 Å². The van der Waals surface area contributed by atoms with Gasteiger partial charge in [0.1, 0.15) is 11.8 Å². The number of aromatic nitrogens is 3. The zero-order chi connectivity index (χ0) is 7.84. The number of H-pyrrole nitrogens is 1. The van der Waals surface area contributed by atoms with E-state index in [1.165, 1.54) is 12.4 Å². The van der Waals surface area contributed by atoms with Gasteiger partial charge in [-0.25, -0.2) is 9.97 Å². The lowest BCUT2D eigenvalue weighted by molar-refractivity contribution is 0.458. The second kappa shape index (κ2) is 2.10. The van der Waals surface area contributed by atoms with Crippen molar-refractivity contribution in [3.63, 3.8) is 0 Å². The number of aromatic amines is 1. The Bertz CT molecular complexity index is 398. The quantitative estimate of drug-likeness (QED) is 0.585. The topological polar surface area (TPSA) is 61.8 Å². The number of halogens is 1. The molecule has 0 amide bonds. The third-order valence-corrected chi connectivity index (χ3v) is 1.64. The molecule has 0 aliphatic heterocycles. The minimum absolute atomic E-state index is 0.0439. The predicted octanol–water partition coefficient (Wildman–Crippen LogP) is 1.32. The fraction of sp³-hybridized carbons (Fsp3) is 0. The van der Waals surface area contributed by atoms with Crippen LogP contribution in [0.1, 0.15) is 0 Å². The van der Waals surface area contributed by atoms with Gasteiger partial charge in [-0.3, -0.25) is 0 Å². The maximum atomic E-state index is 9.00. The van der Waals surface area contributed by atoms with Crippen molar-refractivity contribution in [3.8, 4) is 5.88 Å². The summed E-state index contributed by atoms with van der Waals surface area (Å²) in [5.74, 6) is 0.0439. The second-order valence-electron chi connectivity index (χ2n) is 2.08. The number of hydrogen-bond donors (Lipinski definition) is 2. The van der Waals surface area contributed by atoms with Crippen molar-refractivity contribution < 1.29 is 5.11 Å². The molecular formula is C6H4ClN3O. The van der Waals surface area contributed by atoms with Gasteiger partial charge in [-0.15, -0.1) is 0 Å². The van der Waals surface area contributed by atoms with Crippen molar-refractivity contribution in [2.45, 2.75) is 0 Å². The lowest BCUT2D eigenvalue weighted by Gasteiger charge is -1.88. The van der Waals surface area contributed by atoms with E-state index in [9.17, 15) is 0 Å². The first-order chi connectivity index (χ1) is 5.27. The summed E-state index contributed by atoms with van der Waals surface area (Å²) < 4.78 is 0. The summed E-state index contributed by atoms with van der Waals surface area (Å²) in [5.41, 5.74) is 1.18. The summed E-state index contributed by atoms with van der Waals surface area (Å²) in [4.78, 5) is 10.2. The third-order valence-electron chi connectivity index (χ3n) is 1.36. The van der Waals surface area contributed by atoms with Crippen LogP contribution in [0.4, 0.5) is 0 Å². The molecule has 0 atom stereocenters. The second-order valence-corrected chi connectivity index (χ2v) is 2.44. The molecule has 2 N–H and O–H groups in total. The highest BCUT2D eigenvalue weighted by Crippen LogP contribution is 2.21. The van der Waals surface area contributed by atoms with Crippen LogP contribution in [-0.2, 0) is 0 Å². The van der Waals surface area contributed by atoms with E-state index < -0.39 is 0 Å². The summed E-state index contributed by atoms with van der Waals surface area (Å²) in [6.07, 6.45) is 1.35. The maximum Gasteiger partial charge on any atom is 0.191 e. The van der Waals surface area contributed by atoms with E-state index in [4.69, 9.17) is 16.7 Å².